The molecule has 0 saturated carbocycles. The second kappa shape index (κ2) is 6.00. The van der Waals surface area contributed by atoms with E-state index < -0.39 is 0 Å². The fourth-order valence-corrected chi connectivity index (χ4v) is 0.608. The van der Waals surface area contributed by atoms with Crippen LogP contribution in [0.2, 0.25) is 0 Å². The molecule has 2 N–H and O–H groups in total. The third kappa shape index (κ3) is 9.43. The number of nitrogens with zero attached hydrogens (tertiary/aromatic N) is 1. The Kier molecular flexibility index (Phi) is 5.72. The van der Waals surface area contributed by atoms with Crippen molar-refractivity contribution >= 4 is 6.34 Å². The Labute approximate surface area is 75.6 Å². The molecule has 0 rings (SSSR count). The van der Waals surface area contributed by atoms with E-state index >= 15 is 0 Å². The quantitative estimate of drug-likeness (QED) is 0.286. The zero-order chi connectivity index (χ0) is 9.45. The fraction of sp³-hybridized carbons (Fsp3) is 0.889. The topological polar surface area (TPSA) is 36.4 Å². The largest absolute Gasteiger partial charge is 0.312 e. The molecule has 0 heterocycles. The maximum absolute atomic E-state index is 4.17. The molecule has 0 spiro atoms. The minimum atomic E-state index is 0.0940. The van der Waals surface area contributed by atoms with Crippen LogP contribution in [-0.4, -0.2) is 18.4 Å². The summed E-state index contributed by atoms with van der Waals surface area (Å²) in [7, 11) is 0. The SMILES string of the molecule is CCCCN=CNNC(C)(C)C. The van der Waals surface area contributed by atoms with Crippen LogP contribution in [-0.2, 0) is 0 Å². The molecule has 0 unspecified atom stereocenters. The Balaban J connectivity index is 3.25. The highest BCUT2D eigenvalue weighted by Gasteiger charge is 2.05. The molecule has 0 fully saturated rings. The molecule has 72 valence electrons. The lowest BCUT2D eigenvalue weighted by molar-refractivity contribution is 0.406. The first kappa shape index (κ1) is 11.4. The summed E-state index contributed by atoms with van der Waals surface area (Å²) in [5.41, 5.74) is 6.14. The molecule has 0 bridgehead atoms. The van der Waals surface area contributed by atoms with Crippen molar-refractivity contribution in [2.75, 3.05) is 6.54 Å². The van der Waals surface area contributed by atoms with Gasteiger partial charge in [0.05, 0.1) is 6.34 Å². The molecule has 0 aromatic heterocycles. The number of hydrogen-bond donors (Lipinski definition) is 2. The molecule has 0 aliphatic heterocycles. The summed E-state index contributed by atoms with van der Waals surface area (Å²) in [5.74, 6) is 0. The van der Waals surface area contributed by atoms with E-state index in [-0.39, 0.29) is 5.54 Å². The Morgan fingerprint density at radius 2 is 2.00 bits per heavy atom. The van der Waals surface area contributed by atoms with Gasteiger partial charge in [0.15, 0.2) is 0 Å². The monoisotopic (exact) mass is 171 g/mol. The minimum absolute atomic E-state index is 0.0940. The van der Waals surface area contributed by atoms with E-state index in [9.17, 15) is 0 Å². The molecule has 0 saturated heterocycles. The van der Waals surface area contributed by atoms with Crippen molar-refractivity contribution in [3.05, 3.63) is 0 Å². The van der Waals surface area contributed by atoms with Gasteiger partial charge in [0.1, 0.15) is 0 Å². The molecule has 0 atom stereocenters. The van der Waals surface area contributed by atoms with E-state index in [1.807, 2.05) is 0 Å². The average Bonchev–Trinajstić information content (AvgIpc) is 1.94. The van der Waals surface area contributed by atoms with E-state index in [1.165, 1.54) is 6.42 Å². The summed E-state index contributed by atoms with van der Waals surface area (Å²) >= 11 is 0. The van der Waals surface area contributed by atoms with Crippen molar-refractivity contribution in [3.63, 3.8) is 0 Å². The average molecular weight is 171 g/mol. The standard InChI is InChI=1S/C9H21N3/c1-5-6-7-10-8-11-12-9(2,3)4/h8,12H,5-7H2,1-4H3,(H,10,11). The number of rotatable bonds is 5. The van der Waals surface area contributed by atoms with Crippen molar-refractivity contribution in [2.24, 2.45) is 4.99 Å². The normalized spacial score (nSPS) is 12.3. The van der Waals surface area contributed by atoms with Gasteiger partial charge in [-0.1, -0.05) is 13.3 Å². The molecular weight excluding hydrogens is 150 g/mol. The van der Waals surface area contributed by atoms with Crippen LogP contribution < -0.4 is 10.9 Å². The molecule has 3 heteroatoms. The maximum Gasteiger partial charge on any atom is 0.0966 e. The van der Waals surface area contributed by atoms with Crippen molar-refractivity contribution < 1.29 is 0 Å². The van der Waals surface area contributed by atoms with E-state index in [1.54, 1.807) is 6.34 Å². The van der Waals surface area contributed by atoms with Gasteiger partial charge in [0.25, 0.3) is 0 Å². The van der Waals surface area contributed by atoms with Gasteiger partial charge in [-0.2, -0.15) is 0 Å². The first-order valence-corrected chi connectivity index (χ1v) is 4.57. The Bertz CT molecular complexity index is 124. The van der Waals surface area contributed by atoms with Crippen molar-refractivity contribution in [1.82, 2.24) is 10.9 Å². The van der Waals surface area contributed by atoms with Gasteiger partial charge in [0.2, 0.25) is 0 Å². The lowest BCUT2D eigenvalue weighted by Gasteiger charge is -2.19. The summed E-state index contributed by atoms with van der Waals surface area (Å²) in [5, 5.41) is 0. The highest BCUT2D eigenvalue weighted by atomic mass is 15.4. The smallest absolute Gasteiger partial charge is 0.0966 e. The van der Waals surface area contributed by atoms with E-state index in [0.29, 0.717) is 0 Å². The second-order valence-electron chi connectivity index (χ2n) is 3.91. The Hall–Kier alpha value is -0.570. The predicted octanol–water partition coefficient (Wildman–Crippen LogP) is 1.71. The van der Waals surface area contributed by atoms with Crippen molar-refractivity contribution in [2.45, 2.75) is 46.1 Å². The van der Waals surface area contributed by atoms with Crippen molar-refractivity contribution in [1.29, 1.82) is 0 Å². The lowest BCUT2D eigenvalue weighted by Crippen LogP contribution is -2.45. The molecule has 0 aliphatic carbocycles. The summed E-state index contributed by atoms with van der Waals surface area (Å²) in [6, 6.07) is 0. The summed E-state index contributed by atoms with van der Waals surface area (Å²) in [6.45, 7) is 9.37. The highest BCUT2D eigenvalue weighted by Crippen LogP contribution is 1.94. The third-order valence-electron chi connectivity index (χ3n) is 1.24. The zero-order valence-corrected chi connectivity index (χ0v) is 8.65. The number of aliphatic imine (C=N–C) groups is 1. The number of unbranched alkanes of at least 4 members (excludes halogenated alkanes) is 1. The Morgan fingerprint density at radius 3 is 2.50 bits per heavy atom. The van der Waals surface area contributed by atoms with Crippen LogP contribution in [0.5, 0.6) is 0 Å². The Morgan fingerprint density at radius 1 is 1.33 bits per heavy atom. The van der Waals surface area contributed by atoms with Gasteiger partial charge in [0, 0.05) is 12.1 Å². The summed E-state index contributed by atoms with van der Waals surface area (Å²) in [4.78, 5) is 4.17. The van der Waals surface area contributed by atoms with E-state index in [0.717, 1.165) is 13.0 Å². The second-order valence-corrected chi connectivity index (χ2v) is 3.91. The molecule has 0 aliphatic rings. The molecule has 0 amide bonds. The molecule has 12 heavy (non-hydrogen) atoms. The zero-order valence-electron chi connectivity index (χ0n) is 8.65. The van der Waals surface area contributed by atoms with Crippen LogP contribution in [0.4, 0.5) is 0 Å². The maximum atomic E-state index is 4.17. The number of nitrogens with one attached hydrogen (secondary N) is 2. The highest BCUT2D eigenvalue weighted by molar-refractivity contribution is 5.53. The first-order chi connectivity index (χ1) is 5.56. The van der Waals surface area contributed by atoms with Crippen LogP contribution in [0.1, 0.15) is 40.5 Å². The van der Waals surface area contributed by atoms with E-state index in [2.05, 4.69) is 43.5 Å². The third-order valence-corrected chi connectivity index (χ3v) is 1.24. The van der Waals surface area contributed by atoms with E-state index in [4.69, 9.17) is 0 Å². The van der Waals surface area contributed by atoms with Crippen LogP contribution in [0.25, 0.3) is 0 Å². The van der Waals surface area contributed by atoms with Crippen LogP contribution in [0, 0.1) is 0 Å². The van der Waals surface area contributed by atoms with Gasteiger partial charge < -0.3 is 5.43 Å². The molecular formula is C9H21N3. The minimum Gasteiger partial charge on any atom is -0.312 e. The van der Waals surface area contributed by atoms with Gasteiger partial charge in [-0.05, 0) is 27.2 Å². The first-order valence-electron chi connectivity index (χ1n) is 4.57. The van der Waals surface area contributed by atoms with Gasteiger partial charge in [-0.3, -0.25) is 4.99 Å². The van der Waals surface area contributed by atoms with Gasteiger partial charge in [-0.15, -0.1) is 0 Å². The molecule has 0 radical (unpaired) electrons. The number of hydrogen-bond acceptors (Lipinski definition) is 2. The summed E-state index contributed by atoms with van der Waals surface area (Å²) < 4.78 is 0. The predicted molar refractivity (Wildman–Crippen MR) is 54.3 cm³/mol. The van der Waals surface area contributed by atoms with Crippen LogP contribution in [0.3, 0.4) is 0 Å². The number of hydrazine groups is 1. The van der Waals surface area contributed by atoms with Crippen molar-refractivity contribution in [3.8, 4) is 0 Å². The van der Waals surface area contributed by atoms with Crippen LogP contribution >= 0.6 is 0 Å². The van der Waals surface area contributed by atoms with Gasteiger partial charge >= 0.3 is 0 Å². The van der Waals surface area contributed by atoms with Crippen LogP contribution in [0.15, 0.2) is 4.99 Å². The van der Waals surface area contributed by atoms with Gasteiger partial charge in [-0.25, -0.2) is 5.43 Å². The molecule has 3 nitrogen and oxygen atoms in total. The molecule has 0 aromatic carbocycles. The summed E-state index contributed by atoms with van der Waals surface area (Å²) in [6.07, 6.45) is 4.08. The fourth-order valence-electron chi connectivity index (χ4n) is 0.608. The molecule has 0 aromatic rings. The lowest BCUT2D eigenvalue weighted by atomic mass is 10.1.